The van der Waals surface area contributed by atoms with Gasteiger partial charge in [-0.2, -0.15) is 0 Å². The van der Waals surface area contributed by atoms with E-state index < -0.39 is 0 Å². The molecule has 2 N–H and O–H groups in total. The van der Waals surface area contributed by atoms with Crippen LogP contribution in [-0.4, -0.2) is 23.2 Å². The quantitative estimate of drug-likeness (QED) is 0.613. The molecule has 0 saturated carbocycles. The number of aromatic hydroxyl groups is 2. The van der Waals surface area contributed by atoms with Crippen molar-refractivity contribution in [2.75, 3.05) is 11.9 Å². The molecule has 0 fully saturated rings. The Morgan fingerprint density at radius 2 is 2.08 bits per heavy atom. The number of hydrogen-bond donors (Lipinski definition) is 2. The fourth-order valence-corrected chi connectivity index (χ4v) is 1.59. The first-order valence-corrected chi connectivity index (χ1v) is 3.91. The van der Waals surface area contributed by atoms with Gasteiger partial charge in [-0.3, -0.25) is 4.79 Å². The molecule has 1 aliphatic heterocycles. The van der Waals surface area contributed by atoms with Gasteiger partial charge in [-0.25, -0.2) is 0 Å². The summed E-state index contributed by atoms with van der Waals surface area (Å²) in [5.74, 6) is -0.140. The summed E-state index contributed by atoms with van der Waals surface area (Å²) in [6, 6.07) is 2.73. The van der Waals surface area contributed by atoms with Gasteiger partial charge in [0.2, 0.25) is 5.91 Å². The molecule has 0 bridgehead atoms. The molecule has 0 aromatic heterocycles. The number of hydrogen-bond acceptors (Lipinski definition) is 3. The Labute approximate surface area is 75.0 Å². The van der Waals surface area contributed by atoms with Crippen molar-refractivity contribution in [2.45, 2.75) is 6.42 Å². The summed E-state index contributed by atoms with van der Waals surface area (Å²) in [4.78, 5) is 12.6. The summed E-state index contributed by atoms with van der Waals surface area (Å²) in [6.07, 6.45) is 0.244. The number of amides is 1. The highest BCUT2D eigenvalue weighted by atomic mass is 16.3. The van der Waals surface area contributed by atoms with E-state index in [1.165, 1.54) is 17.0 Å². The zero-order valence-electron chi connectivity index (χ0n) is 7.11. The van der Waals surface area contributed by atoms with Crippen LogP contribution in [0.15, 0.2) is 12.1 Å². The zero-order chi connectivity index (χ0) is 9.59. The average Bonchev–Trinajstić information content (AvgIpc) is 2.27. The first kappa shape index (κ1) is 7.91. The Balaban J connectivity index is 2.64. The van der Waals surface area contributed by atoms with E-state index in [9.17, 15) is 9.90 Å². The molecule has 0 spiro atoms. The van der Waals surface area contributed by atoms with E-state index in [4.69, 9.17) is 5.11 Å². The first-order valence-electron chi connectivity index (χ1n) is 3.91. The molecule has 0 radical (unpaired) electrons. The van der Waals surface area contributed by atoms with Gasteiger partial charge in [0, 0.05) is 13.1 Å². The Bertz CT molecular complexity index is 387. The van der Waals surface area contributed by atoms with Crippen molar-refractivity contribution in [1.29, 1.82) is 0 Å². The molecule has 2 rings (SSSR count). The summed E-state index contributed by atoms with van der Waals surface area (Å²) in [7, 11) is 1.60. The van der Waals surface area contributed by atoms with E-state index in [0.717, 1.165) is 0 Å². The largest absolute Gasteiger partial charge is 0.508 e. The minimum atomic E-state index is -0.0732. The molecular weight excluding hydrogens is 170 g/mol. The Morgan fingerprint density at radius 1 is 1.38 bits per heavy atom. The third kappa shape index (κ3) is 1.02. The molecule has 0 aliphatic carbocycles. The molecule has 4 heteroatoms. The summed E-state index contributed by atoms with van der Waals surface area (Å²) >= 11 is 0. The number of rotatable bonds is 0. The van der Waals surface area contributed by atoms with Gasteiger partial charge in [0.25, 0.3) is 0 Å². The molecular formula is C9H9NO3. The van der Waals surface area contributed by atoms with Gasteiger partial charge in [-0.15, -0.1) is 0 Å². The Morgan fingerprint density at radius 3 is 2.77 bits per heavy atom. The van der Waals surface area contributed by atoms with Crippen LogP contribution in [0, 0.1) is 0 Å². The van der Waals surface area contributed by atoms with Gasteiger partial charge in [0.1, 0.15) is 11.5 Å². The second-order valence-corrected chi connectivity index (χ2v) is 3.10. The smallest absolute Gasteiger partial charge is 0.231 e. The standard InChI is InChI=1S/C9H9NO3/c1-10-8(13)3-5-2-6(11)4-7(12)9(5)10/h2,4,11-12H,3H2,1H3. The number of likely N-dealkylation sites (N-methyl/N-ethyl adjacent to an activating group) is 1. The van der Waals surface area contributed by atoms with Crippen LogP contribution in [0.1, 0.15) is 5.56 Å². The van der Waals surface area contributed by atoms with E-state index >= 15 is 0 Å². The maximum Gasteiger partial charge on any atom is 0.231 e. The number of nitrogens with zero attached hydrogens (tertiary/aromatic N) is 1. The van der Waals surface area contributed by atoms with Gasteiger partial charge in [-0.05, 0) is 11.6 Å². The molecule has 1 aromatic rings. The number of benzene rings is 1. The third-order valence-corrected chi connectivity index (χ3v) is 2.20. The maximum absolute atomic E-state index is 11.2. The predicted molar refractivity (Wildman–Crippen MR) is 46.9 cm³/mol. The third-order valence-electron chi connectivity index (χ3n) is 2.20. The molecule has 4 nitrogen and oxygen atoms in total. The normalized spacial score (nSPS) is 14.8. The maximum atomic E-state index is 11.2. The van der Waals surface area contributed by atoms with Gasteiger partial charge in [0.05, 0.1) is 12.1 Å². The molecule has 1 aliphatic rings. The summed E-state index contributed by atoms with van der Waals surface area (Å²) in [5.41, 5.74) is 1.17. The van der Waals surface area contributed by atoms with Gasteiger partial charge < -0.3 is 15.1 Å². The number of carbonyl (C=O) groups is 1. The molecule has 0 unspecified atom stereocenters. The van der Waals surface area contributed by atoms with Crippen molar-refractivity contribution in [3.8, 4) is 11.5 Å². The number of carbonyl (C=O) groups excluding carboxylic acids is 1. The van der Waals surface area contributed by atoms with Crippen molar-refractivity contribution in [3.05, 3.63) is 17.7 Å². The monoisotopic (exact) mass is 179 g/mol. The molecule has 0 atom stereocenters. The number of phenolic OH excluding ortho intramolecular Hbond substituents is 2. The van der Waals surface area contributed by atoms with E-state index in [1.807, 2.05) is 0 Å². The topological polar surface area (TPSA) is 60.8 Å². The van der Waals surface area contributed by atoms with Crippen molar-refractivity contribution >= 4 is 11.6 Å². The van der Waals surface area contributed by atoms with Crippen LogP contribution >= 0.6 is 0 Å². The number of anilines is 1. The summed E-state index contributed by atoms with van der Waals surface area (Å²) < 4.78 is 0. The lowest BCUT2D eigenvalue weighted by Gasteiger charge is -2.11. The van der Waals surface area contributed by atoms with Crippen molar-refractivity contribution in [3.63, 3.8) is 0 Å². The van der Waals surface area contributed by atoms with E-state index in [2.05, 4.69) is 0 Å². The lowest BCUT2D eigenvalue weighted by atomic mass is 10.1. The minimum Gasteiger partial charge on any atom is -0.508 e. The second kappa shape index (κ2) is 2.39. The van der Waals surface area contributed by atoms with Crippen molar-refractivity contribution in [1.82, 2.24) is 0 Å². The van der Waals surface area contributed by atoms with Crippen LogP contribution in [0.5, 0.6) is 11.5 Å². The van der Waals surface area contributed by atoms with Crippen molar-refractivity contribution in [2.24, 2.45) is 0 Å². The fourth-order valence-electron chi connectivity index (χ4n) is 1.59. The minimum absolute atomic E-state index is 0.0145. The molecule has 0 saturated heterocycles. The van der Waals surface area contributed by atoms with Crippen LogP contribution in [0.25, 0.3) is 0 Å². The Hall–Kier alpha value is -1.71. The van der Waals surface area contributed by atoms with E-state index in [0.29, 0.717) is 11.3 Å². The molecule has 1 amide bonds. The van der Waals surface area contributed by atoms with Crippen LogP contribution in [0.2, 0.25) is 0 Å². The number of fused-ring (bicyclic) bond motifs is 1. The summed E-state index contributed by atoms with van der Waals surface area (Å²) in [6.45, 7) is 0. The van der Waals surface area contributed by atoms with Crippen LogP contribution < -0.4 is 4.90 Å². The highest BCUT2D eigenvalue weighted by Crippen LogP contribution is 2.38. The number of phenols is 2. The Kier molecular flexibility index (Phi) is 1.45. The van der Waals surface area contributed by atoms with E-state index in [-0.39, 0.29) is 23.8 Å². The van der Waals surface area contributed by atoms with E-state index in [1.54, 1.807) is 7.05 Å². The van der Waals surface area contributed by atoms with Gasteiger partial charge >= 0.3 is 0 Å². The highest BCUT2D eigenvalue weighted by Gasteiger charge is 2.27. The lowest BCUT2D eigenvalue weighted by Crippen LogP contribution is -2.20. The highest BCUT2D eigenvalue weighted by molar-refractivity contribution is 6.02. The zero-order valence-corrected chi connectivity index (χ0v) is 7.11. The molecule has 1 heterocycles. The predicted octanol–water partition coefficient (Wildman–Crippen LogP) is 0.617. The molecule has 13 heavy (non-hydrogen) atoms. The lowest BCUT2D eigenvalue weighted by molar-refractivity contribution is -0.117. The average molecular weight is 179 g/mol. The van der Waals surface area contributed by atoms with Crippen molar-refractivity contribution < 1.29 is 15.0 Å². The van der Waals surface area contributed by atoms with Gasteiger partial charge in [0.15, 0.2) is 0 Å². The van der Waals surface area contributed by atoms with Crippen LogP contribution in [0.4, 0.5) is 5.69 Å². The second-order valence-electron chi connectivity index (χ2n) is 3.10. The van der Waals surface area contributed by atoms with Crippen LogP contribution in [0.3, 0.4) is 0 Å². The molecule has 1 aromatic carbocycles. The fraction of sp³-hybridized carbons (Fsp3) is 0.222. The van der Waals surface area contributed by atoms with Gasteiger partial charge in [-0.1, -0.05) is 0 Å². The van der Waals surface area contributed by atoms with Crippen LogP contribution in [-0.2, 0) is 11.2 Å². The SMILES string of the molecule is CN1C(=O)Cc2cc(O)cc(O)c21. The molecule has 68 valence electrons. The summed E-state index contributed by atoms with van der Waals surface area (Å²) in [5, 5.41) is 18.6. The first-order chi connectivity index (χ1) is 6.09.